The molecule has 1 aromatic rings. The molecule has 4 heteroatoms. The zero-order valence-electron chi connectivity index (χ0n) is 13.2. The molecule has 3 aliphatic heterocycles. The van der Waals surface area contributed by atoms with Crippen LogP contribution in [0.3, 0.4) is 0 Å². The summed E-state index contributed by atoms with van der Waals surface area (Å²) in [7, 11) is 0. The summed E-state index contributed by atoms with van der Waals surface area (Å²) in [6.45, 7) is 12.0. The highest BCUT2D eigenvalue weighted by Gasteiger charge is 2.37. The fourth-order valence-electron chi connectivity index (χ4n) is 3.63. The lowest BCUT2D eigenvalue weighted by molar-refractivity contribution is -0.00345. The molecule has 3 saturated heterocycles. The molecule has 1 aromatic carbocycles. The first-order chi connectivity index (χ1) is 10.3. The lowest BCUT2D eigenvalue weighted by Crippen LogP contribution is -2.63. The molecule has 2 unspecified atom stereocenters. The fraction of sp³-hybridized carbons (Fsp3) is 0.647. The average molecular weight is 289 g/mol. The molecule has 0 radical (unpaired) electrons. The van der Waals surface area contributed by atoms with E-state index in [0.717, 1.165) is 18.9 Å². The van der Waals surface area contributed by atoms with Crippen molar-refractivity contribution in [1.29, 1.82) is 0 Å². The molecule has 116 valence electrons. The molecule has 2 bridgehead atoms. The van der Waals surface area contributed by atoms with E-state index in [1.807, 2.05) is 13.0 Å². The van der Waals surface area contributed by atoms with E-state index in [4.69, 9.17) is 4.74 Å². The van der Waals surface area contributed by atoms with Crippen LogP contribution in [-0.2, 0) is 0 Å². The maximum absolute atomic E-state index is 5.67. The molecular formula is C17H27N3O. The molecule has 0 aliphatic carbocycles. The minimum atomic E-state index is 0.388. The molecule has 0 amide bonds. The van der Waals surface area contributed by atoms with Crippen molar-refractivity contribution in [2.75, 3.05) is 45.9 Å². The Bertz CT molecular complexity index is 457. The Kier molecular flexibility index (Phi) is 4.78. The summed E-state index contributed by atoms with van der Waals surface area (Å²) in [5.41, 5.74) is 1.35. The van der Waals surface area contributed by atoms with Gasteiger partial charge in [0.1, 0.15) is 5.75 Å². The zero-order chi connectivity index (χ0) is 14.7. The molecule has 2 atom stereocenters. The van der Waals surface area contributed by atoms with Gasteiger partial charge < -0.3 is 10.1 Å². The number of nitrogens with one attached hydrogen (secondary N) is 1. The molecule has 3 fully saturated rings. The summed E-state index contributed by atoms with van der Waals surface area (Å²) in [5, 5.41) is 3.70. The zero-order valence-corrected chi connectivity index (χ0v) is 13.2. The summed E-state index contributed by atoms with van der Waals surface area (Å²) in [4.78, 5) is 5.25. The van der Waals surface area contributed by atoms with Crippen LogP contribution < -0.4 is 10.1 Å². The van der Waals surface area contributed by atoms with E-state index in [2.05, 4.69) is 40.2 Å². The van der Waals surface area contributed by atoms with Gasteiger partial charge in [-0.3, -0.25) is 9.80 Å². The molecule has 21 heavy (non-hydrogen) atoms. The molecule has 3 heterocycles. The number of nitrogens with zero attached hydrogens (tertiary/aromatic N) is 2. The number of rotatable bonds is 6. The molecule has 4 rings (SSSR count). The number of fused-ring (bicyclic) bond motifs is 3. The molecule has 0 aromatic heterocycles. The number of hydrogen-bond acceptors (Lipinski definition) is 4. The van der Waals surface area contributed by atoms with Crippen molar-refractivity contribution in [3.63, 3.8) is 0 Å². The Labute approximate surface area is 128 Å². The van der Waals surface area contributed by atoms with Crippen molar-refractivity contribution < 1.29 is 4.74 Å². The van der Waals surface area contributed by atoms with Gasteiger partial charge >= 0.3 is 0 Å². The van der Waals surface area contributed by atoms with Crippen LogP contribution in [0, 0.1) is 0 Å². The van der Waals surface area contributed by atoms with Crippen molar-refractivity contribution in [1.82, 2.24) is 15.1 Å². The predicted molar refractivity (Wildman–Crippen MR) is 85.8 cm³/mol. The standard InChI is InChI=1S/C17H27N3O/c1-3-18-17(14-6-5-7-15(12-14)21-4-2)16-13-19-8-10-20(16)11-9-19/h5-7,12,16-18H,3-4,8-11,13H2,1-2H3. The van der Waals surface area contributed by atoms with Gasteiger partial charge in [0.25, 0.3) is 0 Å². The third-order valence-electron chi connectivity index (χ3n) is 4.66. The molecule has 1 N–H and O–H groups in total. The van der Waals surface area contributed by atoms with E-state index < -0.39 is 0 Å². The Morgan fingerprint density at radius 3 is 2.67 bits per heavy atom. The van der Waals surface area contributed by atoms with Crippen LogP contribution in [0.25, 0.3) is 0 Å². The SMILES string of the molecule is CCNC(c1cccc(OCC)c1)C1CN2CCN1CC2. The van der Waals surface area contributed by atoms with E-state index in [-0.39, 0.29) is 0 Å². The van der Waals surface area contributed by atoms with Gasteiger partial charge in [-0.15, -0.1) is 0 Å². The quantitative estimate of drug-likeness (QED) is 0.863. The largest absolute Gasteiger partial charge is 0.494 e. The molecule has 0 spiro atoms. The van der Waals surface area contributed by atoms with Gasteiger partial charge in [0, 0.05) is 44.8 Å². The first kappa shape index (κ1) is 14.8. The van der Waals surface area contributed by atoms with Crippen molar-refractivity contribution >= 4 is 0 Å². The normalized spacial score (nSPS) is 29.3. The highest BCUT2D eigenvalue weighted by molar-refractivity contribution is 5.32. The van der Waals surface area contributed by atoms with Crippen LogP contribution in [-0.4, -0.2) is 61.7 Å². The molecular weight excluding hydrogens is 262 g/mol. The number of benzene rings is 1. The van der Waals surface area contributed by atoms with E-state index in [1.165, 1.54) is 38.3 Å². The number of piperazine rings is 3. The second kappa shape index (κ2) is 6.77. The maximum atomic E-state index is 5.67. The second-order valence-corrected chi connectivity index (χ2v) is 5.94. The third-order valence-corrected chi connectivity index (χ3v) is 4.66. The summed E-state index contributed by atoms with van der Waals surface area (Å²) in [5.74, 6) is 0.981. The van der Waals surface area contributed by atoms with Crippen LogP contribution in [0.15, 0.2) is 24.3 Å². The van der Waals surface area contributed by atoms with Crippen molar-refractivity contribution in [3.8, 4) is 5.75 Å². The van der Waals surface area contributed by atoms with Gasteiger partial charge in [0.05, 0.1) is 6.61 Å². The minimum absolute atomic E-state index is 0.388. The Hall–Kier alpha value is -1.10. The highest BCUT2D eigenvalue weighted by atomic mass is 16.5. The maximum Gasteiger partial charge on any atom is 0.119 e. The van der Waals surface area contributed by atoms with E-state index in [0.29, 0.717) is 12.1 Å². The van der Waals surface area contributed by atoms with Gasteiger partial charge in [-0.05, 0) is 31.2 Å². The summed E-state index contributed by atoms with van der Waals surface area (Å²) in [6.07, 6.45) is 0. The van der Waals surface area contributed by atoms with Crippen LogP contribution >= 0.6 is 0 Å². The monoisotopic (exact) mass is 289 g/mol. The van der Waals surface area contributed by atoms with E-state index >= 15 is 0 Å². The average Bonchev–Trinajstić information content (AvgIpc) is 2.54. The van der Waals surface area contributed by atoms with Crippen molar-refractivity contribution in [2.45, 2.75) is 25.9 Å². The summed E-state index contributed by atoms with van der Waals surface area (Å²) < 4.78 is 5.67. The summed E-state index contributed by atoms with van der Waals surface area (Å²) >= 11 is 0. The Morgan fingerprint density at radius 1 is 1.24 bits per heavy atom. The van der Waals surface area contributed by atoms with Gasteiger partial charge in [-0.2, -0.15) is 0 Å². The van der Waals surface area contributed by atoms with Crippen LogP contribution in [0.1, 0.15) is 25.5 Å². The lowest BCUT2D eigenvalue weighted by atomic mass is 9.93. The molecule has 4 nitrogen and oxygen atoms in total. The first-order valence-electron chi connectivity index (χ1n) is 8.24. The lowest BCUT2D eigenvalue weighted by Gasteiger charge is -2.50. The second-order valence-electron chi connectivity index (χ2n) is 5.94. The minimum Gasteiger partial charge on any atom is -0.494 e. The molecule has 3 aliphatic rings. The predicted octanol–water partition coefficient (Wildman–Crippen LogP) is 1.74. The van der Waals surface area contributed by atoms with Crippen LogP contribution in [0.4, 0.5) is 0 Å². The fourth-order valence-corrected chi connectivity index (χ4v) is 3.63. The Morgan fingerprint density at radius 2 is 2.05 bits per heavy atom. The van der Waals surface area contributed by atoms with Crippen LogP contribution in [0.5, 0.6) is 5.75 Å². The number of likely N-dealkylation sites (N-methyl/N-ethyl adjacent to an activating group) is 1. The van der Waals surface area contributed by atoms with Crippen molar-refractivity contribution in [3.05, 3.63) is 29.8 Å². The van der Waals surface area contributed by atoms with E-state index in [9.17, 15) is 0 Å². The van der Waals surface area contributed by atoms with Gasteiger partial charge in [0.2, 0.25) is 0 Å². The van der Waals surface area contributed by atoms with Gasteiger partial charge in [-0.25, -0.2) is 0 Å². The smallest absolute Gasteiger partial charge is 0.119 e. The highest BCUT2D eigenvalue weighted by Crippen LogP contribution is 2.29. The Balaban J connectivity index is 1.82. The van der Waals surface area contributed by atoms with E-state index in [1.54, 1.807) is 0 Å². The third kappa shape index (κ3) is 3.23. The summed E-state index contributed by atoms with van der Waals surface area (Å²) in [6, 6.07) is 9.56. The first-order valence-corrected chi connectivity index (χ1v) is 8.24. The molecule has 0 saturated carbocycles. The number of hydrogen-bond donors (Lipinski definition) is 1. The van der Waals surface area contributed by atoms with Gasteiger partial charge in [-0.1, -0.05) is 19.1 Å². The topological polar surface area (TPSA) is 27.7 Å². The number of ether oxygens (including phenoxy) is 1. The van der Waals surface area contributed by atoms with Crippen LogP contribution in [0.2, 0.25) is 0 Å². The van der Waals surface area contributed by atoms with Gasteiger partial charge in [0.15, 0.2) is 0 Å². The van der Waals surface area contributed by atoms with Crippen molar-refractivity contribution in [2.24, 2.45) is 0 Å².